The number of aromatic nitrogens is 2. The summed E-state index contributed by atoms with van der Waals surface area (Å²) in [4.78, 5) is 14.2. The molecule has 2 aromatic rings. The number of rotatable bonds is 5. The molecule has 0 aliphatic carbocycles. The van der Waals surface area contributed by atoms with E-state index in [1.807, 2.05) is 12.1 Å². The van der Waals surface area contributed by atoms with Crippen LogP contribution in [0.1, 0.15) is 24.6 Å². The Hall–Kier alpha value is -2.28. The van der Waals surface area contributed by atoms with Crippen LogP contribution in [-0.2, 0) is 0 Å². The van der Waals surface area contributed by atoms with Crippen molar-refractivity contribution in [2.45, 2.75) is 18.9 Å². The van der Waals surface area contributed by atoms with Crippen molar-refractivity contribution >= 4 is 11.7 Å². The van der Waals surface area contributed by atoms with Gasteiger partial charge in [0.1, 0.15) is 5.76 Å². The molecule has 0 spiro atoms. The number of amides is 2. The Morgan fingerprint density at radius 2 is 2.33 bits per heavy atom. The summed E-state index contributed by atoms with van der Waals surface area (Å²) in [7, 11) is 0. The molecule has 7 nitrogen and oxygen atoms in total. The van der Waals surface area contributed by atoms with Crippen LogP contribution < -0.4 is 10.6 Å². The van der Waals surface area contributed by atoms with Crippen molar-refractivity contribution in [3.63, 3.8) is 0 Å². The number of nitrogens with zero attached hydrogens (tertiary/aromatic N) is 2. The molecule has 2 amide bonds. The fraction of sp³-hybridized carbons (Fsp3) is 0.429. The van der Waals surface area contributed by atoms with Gasteiger partial charge in [-0.2, -0.15) is 5.10 Å². The molecular weight excluding hydrogens is 270 g/mol. The Morgan fingerprint density at radius 1 is 1.48 bits per heavy atom. The minimum Gasteiger partial charge on any atom is -0.468 e. The zero-order valence-corrected chi connectivity index (χ0v) is 11.7. The third-order valence-corrected chi connectivity index (χ3v) is 3.67. The van der Waals surface area contributed by atoms with E-state index in [0.29, 0.717) is 12.2 Å². The van der Waals surface area contributed by atoms with Crippen LogP contribution in [0.2, 0.25) is 0 Å². The summed E-state index contributed by atoms with van der Waals surface area (Å²) in [6, 6.07) is 3.67. The quantitative estimate of drug-likeness (QED) is 0.785. The molecule has 3 heterocycles. The lowest BCUT2D eigenvalue weighted by Crippen LogP contribution is -2.38. The van der Waals surface area contributed by atoms with E-state index in [1.54, 1.807) is 18.7 Å². The van der Waals surface area contributed by atoms with Crippen molar-refractivity contribution in [2.75, 3.05) is 25.0 Å². The third kappa shape index (κ3) is 3.43. The average molecular weight is 289 g/mol. The van der Waals surface area contributed by atoms with Gasteiger partial charge in [0.25, 0.3) is 0 Å². The molecule has 1 saturated heterocycles. The van der Waals surface area contributed by atoms with E-state index in [9.17, 15) is 4.79 Å². The number of likely N-dealkylation sites (tertiary alicyclic amines) is 1. The number of hydrogen-bond acceptors (Lipinski definition) is 4. The molecule has 112 valence electrons. The van der Waals surface area contributed by atoms with Crippen LogP contribution in [-0.4, -0.2) is 40.8 Å². The summed E-state index contributed by atoms with van der Waals surface area (Å²) in [5, 5.41) is 12.0. The van der Waals surface area contributed by atoms with E-state index in [0.717, 1.165) is 18.8 Å². The molecule has 0 bridgehead atoms. The molecule has 1 atom stereocenters. The molecule has 2 aromatic heterocycles. The zero-order chi connectivity index (χ0) is 14.5. The monoisotopic (exact) mass is 289 g/mol. The summed E-state index contributed by atoms with van der Waals surface area (Å²) in [5.74, 6) is 0.889. The second-order valence-corrected chi connectivity index (χ2v) is 5.10. The summed E-state index contributed by atoms with van der Waals surface area (Å²) in [6.07, 6.45) is 7.24. The van der Waals surface area contributed by atoms with Gasteiger partial charge >= 0.3 is 6.03 Å². The number of aromatic amines is 1. The molecule has 0 saturated carbocycles. The number of hydrogen-bond donors (Lipinski definition) is 3. The van der Waals surface area contributed by atoms with Gasteiger partial charge in [0.15, 0.2) is 0 Å². The molecule has 3 N–H and O–H groups in total. The first-order chi connectivity index (χ1) is 10.3. The maximum absolute atomic E-state index is 11.9. The maximum atomic E-state index is 11.9. The third-order valence-electron chi connectivity index (χ3n) is 3.67. The Morgan fingerprint density at radius 3 is 3.00 bits per heavy atom. The fourth-order valence-corrected chi connectivity index (χ4v) is 2.63. The van der Waals surface area contributed by atoms with E-state index in [2.05, 4.69) is 25.7 Å². The highest BCUT2D eigenvalue weighted by molar-refractivity contribution is 5.88. The van der Waals surface area contributed by atoms with Gasteiger partial charge in [0.05, 0.1) is 24.2 Å². The Labute approximate surface area is 122 Å². The van der Waals surface area contributed by atoms with E-state index in [-0.39, 0.29) is 12.1 Å². The first kappa shape index (κ1) is 13.7. The van der Waals surface area contributed by atoms with Crippen LogP contribution in [0.25, 0.3) is 0 Å². The van der Waals surface area contributed by atoms with Crippen molar-refractivity contribution in [1.29, 1.82) is 0 Å². The lowest BCUT2D eigenvalue weighted by molar-refractivity contribution is 0.207. The summed E-state index contributed by atoms with van der Waals surface area (Å²) in [5.41, 5.74) is 0.642. The minimum absolute atomic E-state index is 0.0811. The van der Waals surface area contributed by atoms with Gasteiger partial charge in [-0.15, -0.1) is 0 Å². The zero-order valence-electron chi connectivity index (χ0n) is 11.7. The number of anilines is 1. The molecule has 0 unspecified atom stereocenters. The summed E-state index contributed by atoms with van der Waals surface area (Å²) >= 11 is 0. The normalized spacial score (nSPS) is 16.8. The molecule has 1 aliphatic rings. The van der Waals surface area contributed by atoms with Gasteiger partial charge in [-0.1, -0.05) is 0 Å². The fourth-order valence-electron chi connectivity index (χ4n) is 2.63. The molecule has 0 radical (unpaired) electrons. The first-order valence-corrected chi connectivity index (χ1v) is 7.14. The van der Waals surface area contributed by atoms with Crippen molar-refractivity contribution in [3.05, 3.63) is 36.5 Å². The second-order valence-electron chi connectivity index (χ2n) is 5.10. The summed E-state index contributed by atoms with van der Waals surface area (Å²) < 4.78 is 5.52. The van der Waals surface area contributed by atoms with E-state index < -0.39 is 0 Å². The van der Waals surface area contributed by atoms with Crippen LogP contribution in [0.15, 0.2) is 35.2 Å². The van der Waals surface area contributed by atoms with Crippen molar-refractivity contribution in [3.8, 4) is 0 Å². The van der Waals surface area contributed by atoms with E-state index in [1.165, 1.54) is 12.8 Å². The van der Waals surface area contributed by atoms with Gasteiger partial charge in [-0.3, -0.25) is 10.00 Å². The van der Waals surface area contributed by atoms with Crippen molar-refractivity contribution in [1.82, 2.24) is 20.4 Å². The topological polar surface area (TPSA) is 86.2 Å². The lowest BCUT2D eigenvalue weighted by atomic mass is 10.2. The second kappa shape index (κ2) is 6.45. The van der Waals surface area contributed by atoms with Gasteiger partial charge in [-0.05, 0) is 38.1 Å². The standard InChI is InChI=1S/C14H19N5O2/c20-14(18-11-8-16-17-9-11)15-10-12(13-4-3-7-21-13)19-5-1-2-6-19/h3-4,7-9,12H,1-2,5-6,10H2,(H,16,17)(H2,15,18,20)/t12-/m1/s1. The number of H-pyrrole nitrogens is 1. The largest absolute Gasteiger partial charge is 0.468 e. The molecular formula is C14H19N5O2. The molecule has 0 aromatic carbocycles. The molecule has 1 aliphatic heterocycles. The Bertz CT molecular complexity index is 546. The van der Waals surface area contributed by atoms with Crippen LogP contribution >= 0.6 is 0 Å². The number of nitrogens with one attached hydrogen (secondary N) is 3. The highest BCUT2D eigenvalue weighted by Gasteiger charge is 2.25. The maximum Gasteiger partial charge on any atom is 0.319 e. The minimum atomic E-state index is -0.243. The smallest absolute Gasteiger partial charge is 0.319 e. The lowest BCUT2D eigenvalue weighted by Gasteiger charge is -2.25. The van der Waals surface area contributed by atoms with Gasteiger partial charge in [0.2, 0.25) is 0 Å². The van der Waals surface area contributed by atoms with Crippen molar-refractivity contribution < 1.29 is 9.21 Å². The number of furan rings is 1. The van der Waals surface area contributed by atoms with Crippen LogP contribution in [0.4, 0.5) is 10.5 Å². The first-order valence-electron chi connectivity index (χ1n) is 7.14. The Balaban J connectivity index is 1.58. The molecule has 3 rings (SSSR count). The number of carbonyl (C=O) groups is 1. The molecule has 1 fully saturated rings. The summed E-state index contributed by atoms with van der Waals surface area (Å²) in [6.45, 7) is 2.59. The number of urea groups is 1. The predicted molar refractivity (Wildman–Crippen MR) is 77.9 cm³/mol. The van der Waals surface area contributed by atoms with Gasteiger partial charge < -0.3 is 15.1 Å². The van der Waals surface area contributed by atoms with Crippen LogP contribution in [0.5, 0.6) is 0 Å². The number of carbonyl (C=O) groups excluding carboxylic acids is 1. The van der Waals surface area contributed by atoms with E-state index >= 15 is 0 Å². The average Bonchev–Trinajstić information content (AvgIpc) is 3.23. The molecule has 7 heteroatoms. The highest BCUT2D eigenvalue weighted by atomic mass is 16.3. The van der Waals surface area contributed by atoms with Crippen LogP contribution in [0.3, 0.4) is 0 Å². The highest BCUT2D eigenvalue weighted by Crippen LogP contribution is 2.24. The van der Waals surface area contributed by atoms with Crippen LogP contribution in [0, 0.1) is 0 Å². The van der Waals surface area contributed by atoms with Crippen molar-refractivity contribution in [2.24, 2.45) is 0 Å². The predicted octanol–water partition coefficient (Wildman–Crippen LogP) is 1.96. The Kier molecular flexibility index (Phi) is 4.20. The SMILES string of the molecule is O=C(NC[C@H](c1ccco1)N1CCCC1)Nc1cn[nH]c1. The van der Waals surface area contributed by atoms with E-state index in [4.69, 9.17) is 4.42 Å². The van der Waals surface area contributed by atoms with Gasteiger partial charge in [0, 0.05) is 12.7 Å². The van der Waals surface area contributed by atoms with Gasteiger partial charge in [-0.25, -0.2) is 4.79 Å². The molecule has 21 heavy (non-hydrogen) atoms.